The quantitative estimate of drug-likeness (QED) is 0.401. The minimum Gasteiger partial charge on any atom is -0.340 e. The first-order valence-corrected chi connectivity index (χ1v) is 10.6. The molecule has 7 heteroatoms. The van der Waals surface area contributed by atoms with Crippen LogP contribution in [0.15, 0.2) is 60.7 Å². The third kappa shape index (κ3) is 5.54. The van der Waals surface area contributed by atoms with Crippen molar-refractivity contribution in [3.05, 3.63) is 82.6 Å². The Morgan fingerprint density at radius 1 is 1.00 bits per heavy atom. The summed E-state index contributed by atoms with van der Waals surface area (Å²) >= 11 is 5.98. The fourth-order valence-electron chi connectivity index (χ4n) is 3.76. The van der Waals surface area contributed by atoms with Crippen molar-refractivity contribution in [1.82, 2.24) is 9.47 Å². The van der Waals surface area contributed by atoms with Crippen molar-refractivity contribution in [3.63, 3.8) is 0 Å². The van der Waals surface area contributed by atoms with Crippen molar-refractivity contribution < 1.29 is 18.0 Å². The van der Waals surface area contributed by atoms with Crippen molar-refractivity contribution >= 4 is 17.5 Å². The first kappa shape index (κ1) is 23.9. The zero-order valence-corrected chi connectivity index (χ0v) is 19.3. The lowest BCUT2D eigenvalue weighted by molar-refractivity contribution is -0.143. The second-order valence-electron chi connectivity index (χ2n) is 9.09. The van der Waals surface area contributed by atoms with Crippen molar-refractivity contribution in [1.29, 1.82) is 0 Å². The number of nitrogens with zero attached hydrogens (tertiary/aromatic N) is 2. The second-order valence-corrected chi connectivity index (χ2v) is 9.53. The molecule has 0 spiro atoms. The van der Waals surface area contributed by atoms with Crippen molar-refractivity contribution in [2.75, 3.05) is 13.6 Å². The molecule has 0 fully saturated rings. The highest BCUT2D eigenvalue weighted by molar-refractivity contribution is 6.30. The monoisotopic (exact) mass is 462 g/mol. The molecule has 0 aliphatic carbocycles. The lowest BCUT2D eigenvalue weighted by Crippen LogP contribution is -2.36. The normalized spacial score (nSPS) is 12.1. The van der Waals surface area contributed by atoms with Gasteiger partial charge < -0.3 is 9.47 Å². The maximum atomic E-state index is 14.1. The number of hydrogen-bond acceptors (Lipinski definition) is 1. The number of amides is 1. The summed E-state index contributed by atoms with van der Waals surface area (Å²) in [6.45, 7) is 6.24. The molecule has 1 aromatic heterocycles. The molecule has 0 aliphatic heterocycles. The van der Waals surface area contributed by atoms with Crippen LogP contribution in [0.4, 0.5) is 13.2 Å². The molecule has 1 heterocycles. The molecule has 3 nitrogen and oxygen atoms in total. The van der Waals surface area contributed by atoms with Gasteiger partial charge in [-0.1, -0.05) is 74.8 Å². The van der Waals surface area contributed by atoms with Gasteiger partial charge in [0.1, 0.15) is 11.4 Å². The Hall–Kier alpha value is -2.73. The maximum Gasteiger partial charge on any atom is 0.431 e. The Morgan fingerprint density at radius 3 is 2.12 bits per heavy atom. The number of carbonyl (C=O) groups excluding carboxylic acids is 1. The van der Waals surface area contributed by atoms with Crippen LogP contribution in [-0.4, -0.2) is 29.0 Å². The Balaban J connectivity index is 2.24. The van der Waals surface area contributed by atoms with Crippen LogP contribution in [-0.2, 0) is 12.7 Å². The average Bonchev–Trinajstić information content (AvgIpc) is 3.07. The lowest BCUT2D eigenvalue weighted by atomic mass is 9.96. The van der Waals surface area contributed by atoms with E-state index in [-0.39, 0.29) is 23.2 Å². The van der Waals surface area contributed by atoms with E-state index in [1.54, 1.807) is 61.6 Å². The molecule has 0 N–H and O–H groups in total. The molecule has 3 rings (SSSR count). The van der Waals surface area contributed by atoms with Gasteiger partial charge in [-0.25, -0.2) is 0 Å². The van der Waals surface area contributed by atoms with Crippen LogP contribution in [0.3, 0.4) is 0 Å². The smallest absolute Gasteiger partial charge is 0.340 e. The topological polar surface area (TPSA) is 25.2 Å². The van der Waals surface area contributed by atoms with Crippen LogP contribution in [0, 0.1) is 5.41 Å². The van der Waals surface area contributed by atoms with E-state index in [0.717, 1.165) is 10.6 Å². The van der Waals surface area contributed by atoms with Gasteiger partial charge in [0, 0.05) is 30.7 Å². The molecular formula is C25H26ClF3N2O. The Labute approximate surface area is 191 Å². The number of halogens is 4. The summed E-state index contributed by atoms with van der Waals surface area (Å²) in [6.07, 6.45) is -4.63. The van der Waals surface area contributed by atoms with Gasteiger partial charge in [-0.3, -0.25) is 4.79 Å². The zero-order valence-electron chi connectivity index (χ0n) is 18.5. The average molecular weight is 463 g/mol. The number of rotatable bonds is 5. The number of carbonyl (C=O) groups is 1. The van der Waals surface area contributed by atoms with E-state index >= 15 is 0 Å². The number of alkyl halides is 3. The maximum absolute atomic E-state index is 14.1. The summed E-state index contributed by atoms with van der Waals surface area (Å²) in [5, 5.41) is 0.464. The van der Waals surface area contributed by atoms with Gasteiger partial charge in [-0.05, 0) is 34.7 Å². The predicted octanol–water partition coefficient (Wildman–Crippen LogP) is 6.99. The van der Waals surface area contributed by atoms with Crippen LogP contribution in [0.5, 0.6) is 0 Å². The minimum atomic E-state index is -4.63. The standard InChI is InChI=1S/C25H26ClF3N2O/c1-24(2,3)16-30(4)23(32)22-20(18-10-12-19(26)13-11-18)14-21(25(27,28)29)31(22)15-17-8-6-5-7-9-17/h5-14H,15-16H2,1-4H3. The Bertz CT molecular complexity index is 1080. The summed E-state index contributed by atoms with van der Waals surface area (Å²) in [5.74, 6) is -0.462. The van der Waals surface area contributed by atoms with E-state index in [2.05, 4.69) is 0 Å². The van der Waals surface area contributed by atoms with Crippen molar-refractivity contribution in [2.45, 2.75) is 33.5 Å². The van der Waals surface area contributed by atoms with Crippen LogP contribution in [0.1, 0.15) is 42.5 Å². The van der Waals surface area contributed by atoms with Gasteiger partial charge in [0.05, 0.1) is 0 Å². The largest absolute Gasteiger partial charge is 0.431 e. The highest BCUT2D eigenvalue weighted by Gasteiger charge is 2.39. The summed E-state index contributed by atoms with van der Waals surface area (Å²) in [5.41, 5.74) is 0.335. The highest BCUT2D eigenvalue weighted by atomic mass is 35.5. The van der Waals surface area contributed by atoms with Gasteiger partial charge in [0.15, 0.2) is 0 Å². The highest BCUT2D eigenvalue weighted by Crippen LogP contribution is 2.38. The van der Waals surface area contributed by atoms with Crippen molar-refractivity contribution in [2.24, 2.45) is 5.41 Å². The molecule has 32 heavy (non-hydrogen) atoms. The van der Waals surface area contributed by atoms with Gasteiger partial charge in [-0.2, -0.15) is 13.2 Å². The third-order valence-corrected chi connectivity index (χ3v) is 5.24. The van der Waals surface area contributed by atoms with Crippen LogP contribution < -0.4 is 0 Å². The fraction of sp³-hybridized carbons (Fsp3) is 0.320. The molecule has 0 bridgehead atoms. The Morgan fingerprint density at radius 2 is 1.59 bits per heavy atom. The van der Waals surface area contributed by atoms with E-state index in [1.165, 1.54) is 4.90 Å². The third-order valence-electron chi connectivity index (χ3n) is 4.99. The molecule has 170 valence electrons. The van der Waals surface area contributed by atoms with Crippen LogP contribution >= 0.6 is 11.6 Å². The summed E-state index contributed by atoms with van der Waals surface area (Å²) < 4.78 is 43.4. The molecular weight excluding hydrogens is 437 g/mol. The predicted molar refractivity (Wildman–Crippen MR) is 122 cm³/mol. The zero-order chi connectivity index (χ0) is 23.7. The van der Waals surface area contributed by atoms with Crippen LogP contribution in [0.25, 0.3) is 11.1 Å². The molecule has 0 radical (unpaired) electrons. The SMILES string of the molecule is CN(CC(C)(C)C)C(=O)c1c(-c2ccc(Cl)cc2)cc(C(F)(F)F)n1Cc1ccccc1. The van der Waals surface area contributed by atoms with Gasteiger partial charge in [0.2, 0.25) is 0 Å². The molecule has 0 unspecified atom stereocenters. The molecule has 0 saturated heterocycles. The van der Waals surface area contributed by atoms with E-state index in [4.69, 9.17) is 11.6 Å². The number of benzene rings is 2. The minimum absolute atomic E-state index is 0.00949. The van der Waals surface area contributed by atoms with Gasteiger partial charge in [-0.15, -0.1) is 0 Å². The summed E-state index contributed by atoms with van der Waals surface area (Å²) in [6, 6.07) is 16.3. The Kier molecular flexibility index (Phi) is 6.75. The lowest BCUT2D eigenvalue weighted by Gasteiger charge is -2.28. The molecule has 1 amide bonds. The summed E-state index contributed by atoms with van der Waals surface area (Å²) in [4.78, 5) is 15.0. The van der Waals surface area contributed by atoms with Gasteiger partial charge in [0.25, 0.3) is 5.91 Å². The van der Waals surface area contributed by atoms with E-state index in [0.29, 0.717) is 22.7 Å². The first-order valence-electron chi connectivity index (χ1n) is 10.2. The van der Waals surface area contributed by atoms with E-state index in [1.807, 2.05) is 20.8 Å². The van der Waals surface area contributed by atoms with Crippen LogP contribution in [0.2, 0.25) is 5.02 Å². The molecule has 3 aromatic rings. The number of aromatic nitrogens is 1. The number of hydrogen-bond donors (Lipinski definition) is 0. The van der Waals surface area contributed by atoms with Gasteiger partial charge >= 0.3 is 6.18 Å². The van der Waals surface area contributed by atoms with Crippen molar-refractivity contribution in [3.8, 4) is 11.1 Å². The summed E-state index contributed by atoms with van der Waals surface area (Å²) in [7, 11) is 1.62. The van der Waals surface area contributed by atoms with E-state index < -0.39 is 17.8 Å². The second kappa shape index (κ2) is 9.02. The molecule has 2 aromatic carbocycles. The molecule has 0 aliphatic rings. The first-order chi connectivity index (χ1) is 14.9. The fourth-order valence-corrected chi connectivity index (χ4v) is 3.88. The molecule has 0 saturated carbocycles. The molecule has 0 atom stereocenters. The van der Waals surface area contributed by atoms with E-state index in [9.17, 15) is 18.0 Å².